The summed E-state index contributed by atoms with van der Waals surface area (Å²) >= 11 is 0. The fourth-order valence-corrected chi connectivity index (χ4v) is 5.59. The van der Waals surface area contributed by atoms with Crippen LogP contribution in [0.25, 0.3) is 11.0 Å². The number of carbonyl (C=O) groups is 2. The van der Waals surface area contributed by atoms with E-state index in [0.29, 0.717) is 24.8 Å². The number of aromatic nitrogens is 3. The molecule has 0 aromatic carbocycles. The molecule has 0 spiro atoms. The van der Waals surface area contributed by atoms with Crippen molar-refractivity contribution >= 4 is 28.8 Å². The molecule has 9 nitrogen and oxygen atoms in total. The van der Waals surface area contributed by atoms with E-state index in [1.807, 2.05) is 29.0 Å². The Morgan fingerprint density at radius 3 is 2.14 bits per heavy atom. The molecule has 1 saturated carbocycles. The van der Waals surface area contributed by atoms with E-state index >= 15 is 0 Å². The molecule has 0 bridgehead atoms. The number of aryl methyl sites for hydroxylation is 1. The maximum atomic E-state index is 13.1. The van der Waals surface area contributed by atoms with Crippen LogP contribution >= 0.6 is 0 Å². The second-order valence-corrected chi connectivity index (χ2v) is 10.8. The van der Waals surface area contributed by atoms with Crippen LogP contribution < -0.4 is 10.6 Å². The Bertz CT molecular complexity index is 1030. The Kier molecular flexibility index (Phi) is 9.63. The molecule has 37 heavy (non-hydrogen) atoms. The molecule has 2 aliphatic heterocycles. The van der Waals surface area contributed by atoms with Gasteiger partial charge in [0, 0.05) is 45.3 Å². The van der Waals surface area contributed by atoms with Gasteiger partial charge in [0.25, 0.3) is 5.91 Å². The first-order valence-electron chi connectivity index (χ1n) is 14.4. The van der Waals surface area contributed by atoms with Gasteiger partial charge in [-0.2, -0.15) is 5.10 Å². The number of rotatable bonds is 4. The summed E-state index contributed by atoms with van der Waals surface area (Å²) in [5.74, 6) is 0.686. The van der Waals surface area contributed by atoms with Crippen molar-refractivity contribution in [3.05, 3.63) is 17.8 Å². The molecule has 3 amide bonds. The van der Waals surface area contributed by atoms with Crippen molar-refractivity contribution in [2.75, 3.05) is 31.5 Å². The number of amides is 3. The predicted octanol–water partition coefficient (Wildman–Crippen LogP) is 4.93. The minimum absolute atomic E-state index is 0.0521. The summed E-state index contributed by atoms with van der Waals surface area (Å²) in [7, 11) is 1.84. The molecule has 9 heteroatoms. The van der Waals surface area contributed by atoms with Gasteiger partial charge in [0.05, 0.1) is 5.39 Å². The zero-order chi connectivity index (χ0) is 26.2. The highest BCUT2D eigenvalue weighted by Gasteiger charge is 2.29. The summed E-state index contributed by atoms with van der Waals surface area (Å²) < 4.78 is 1.69. The van der Waals surface area contributed by atoms with Gasteiger partial charge in [-0.1, -0.05) is 46.0 Å². The summed E-state index contributed by atoms with van der Waals surface area (Å²) in [6.45, 7) is 7.35. The highest BCUT2D eigenvalue weighted by molar-refractivity contribution is 6.04. The van der Waals surface area contributed by atoms with Crippen LogP contribution in [0.1, 0.15) is 95.0 Å². The number of carbonyl (C=O) groups excluding carboxylic acids is 2. The molecule has 5 rings (SSSR count). The van der Waals surface area contributed by atoms with E-state index in [1.165, 1.54) is 44.9 Å². The normalized spacial score (nSPS) is 19.3. The second-order valence-electron chi connectivity index (χ2n) is 10.8. The van der Waals surface area contributed by atoms with Crippen LogP contribution in [-0.4, -0.2) is 74.8 Å². The zero-order valence-electron chi connectivity index (χ0n) is 23.0. The molecule has 2 saturated heterocycles. The maximum absolute atomic E-state index is 13.1. The number of pyridine rings is 1. The monoisotopic (exact) mass is 511 g/mol. The first kappa shape index (κ1) is 27.2. The average molecular weight is 512 g/mol. The van der Waals surface area contributed by atoms with Gasteiger partial charge >= 0.3 is 6.03 Å². The molecule has 2 aromatic rings. The van der Waals surface area contributed by atoms with E-state index in [0.717, 1.165) is 55.6 Å². The Morgan fingerprint density at radius 1 is 0.865 bits per heavy atom. The number of nitrogens with zero attached hydrogens (tertiary/aromatic N) is 5. The smallest absolute Gasteiger partial charge is 0.319 e. The largest absolute Gasteiger partial charge is 0.367 e. The lowest BCUT2D eigenvalue weighted by atomic mass is 10.0. The minimum Gasteiger partial charge on any atom is -0.367 e. The fourth-order valence-electron chi connectivity index (χ4n) is 5.59. The van der Waals surface area contributed by atoms with Crippen molar-refractivity contribution in [2.24, 2.45) is 7.05 Å². The van der Waals surface area contributed by atoms with Crippen molar-refractivity contribution in [2.45, 2.75) is 96.6 Å². The fraction of sp³-hybridized carbons (Fsp3) is 0.714. The lowest BCUT2D eigenvalue weighted by Gasteiger charge is -2.34. The molecular weight excluding hydrogens is 466 g/mol. The van der Waals surface area contributed by atoms with E-state index in [9.17, 15) is 9.59 Å². The van der Waals surface area contributed by atoms with E-state index in [4.69, 9.17) is 4.98 Å². The van der Waals surface area contributed by atoms with Crippen molar-refractivity contribution in [3.8, 4) is 0 Å². The number of hydrogen-bond donors (Lipinski definition) is 2. The summed E-state index contributed by atoms with van der Waals surface area (Å²) in [4.78, 5) is 34.3. The van der Waals surface area contributed by atoms with Crippen molar-refractivity contribution in [3.63, 3.8) is 0 Å². The zero-order valence-corrected chi connectivity index (χ0v) is 23.0. The summed E-state index contributed by atoms with van der Waals surface area (Å²) in [5, 5.41) is 12.0. The van der Waals surface area contributed by atoms with Crippen LogP contribution in [-0.2, 0) is 7.05 Å². The number of fused-ring (bicyclic) bond motifs is 1. The standard InChI is InChI=1S/C25H37N7O2.C3H8/c1-30-23-20(10-11-21(28-23)26-18-8-4-2-3-5-9-18)22(29-30)24(33)27-19-12-16-32(17-13-19)25(34)31-14-6-7-15-31;1-3-2/h10-11,18-19H,2-9,12-17H2,1H3,(H,26,28)(H,27,33);3H2,1-2H3. The third-order valence-electron chi connectivity index (χ3n) is 7.59. The van der Waals surface area contributed by atoms with Crippen molar-refractivity contribution in [1.82, 2.24) is 29.9 Å². The van der Waals surface area contributed by atoms with Crippen LogP contribution in [0.15, 0.2) is 12.1 Å². The SMILES string of the molecule is CCC.Cn1nc(C(=O)NC2CCN(C(=O)N3CCCC3)CC2)c2ccc(NC3CCCCCC3)nc21. The predicted molar refractivity (Wildman–Crippen MR) is 148 cm³/mol. The van der Waals surface area contributed by atoms with Gasteiger partial charge in [-0.25, -0.2) is 14.5 Å². The van der Waals surface area contributed by atoms with Crippen LogP contribution in [0.5, 0.6) is 0 Å². The summed E-state index contributed by atoms with van der Waals surface area (Å²) in [6.07, 6.45) is 12.5. The molecule has 0 radical (unpaired) electrons. The van der Waals surface area contributed by atoms with Crippen LogP contribution in [0.4, 0.5) is 10.6 Å². The van der Waals surface area contributed by atoms with Crippen LogP contribution in [0.3, 0.4) is 0 Å². The lowest BCUT2D eigenvalue weighted by Crippen LogP contribution is -2.50. The minimum atomic E-state index is -0.166. The molecule has 204 valence electrons. The van der Waals surface area contributed by atoms with E-state index < -0.39 is 0 Å². The molecule has 3 fully saturated rings. The molecule has 0 atom stereocenters. The van der Waals surface area contributed by atoms with E-state index in [2.05, 4.69) is 29.6 Å². The topological polar surface area (TPSA) is 95.4 Å². The Labute approximate surface area is 221 Å². The molecule has 2 N–H and O–H groups in total. The highest BCUT2D eigenvalue weighted by atomic mass is 16.2. The van der Waals surface area contributed by atoms with Crippen molar-refractivity contribution in [1.29, 1.82) is 0 Å². The Morgan fingerprint density at radius 2 is 1.49 bits per heavy atom. The quantitative estimate of drug-likeness (QED) is 0.568. The average Bonchev–Trinajstić information content (AvgIpc) is 3.47. The molecule has 3 aliphatic rings. The van der Waals surface area contributed by atoms with Gasteiger partial charge in [0.15, 0.2) is 11.3 Å². The van der Waals surface area contributed by atoms with E-state index in [1.54, 1.807) is 4.68 Å². The van der Waals surface area contributed by atoms with Crippen molar-refractivity contribution < 1.29 is 9.59 Å². The first-order valence-corrected chi connectivity index (χ1v) is 14.4. The Balaban J connectivity index is 0.00000102. The third-order valence-corrected chi connectivity index (χ3v) is 7.59. The summed E-state index contributed by atoms with van der Waals surface area (Å²) in [5.41, 5.74) is 1.14. The van der Waals surface area contributed by atoms with Crippen LogP contribution in [0.2, 0.25) is 0 Å². The van der Waals surface area contributed by atoms with Gasteiger partial charge < -0.3 is 20.4 Å². The highest BCUT2D eigenvalue weighted by Crippen LogP contribution is 2.24. The molecule has 2 aromatic heterocycles. The van der Waals surface area contributed by atoms with E-state index in [-0.39, 0.29) is 18.0 Å². The maximum Gasteiger partial charge on any atom is 0.319 e. The Hall–Kier alpha value is -2.84. The van der Waals surface area contributed by atoms with Gasteiger partial charge in [0.2, 0.25) is 0 Å². The molecule has 1 aliphatic carbocycles. The van der Waals surface area contributed by atoms with Gasteiger partial charge in [-0.15, -0.1) is 0 Å². The number of hydrogen-bond acceptors (Lipinski definition) is 5. The lowest BCUT2D eigenvalue weighted by molar-refractivity contribution is 0.0908. The molecule has 0 unspecified atom stereocenters. The second kappa shape index (κ2) is 13.1. The van der Waals surface area contributed by atoms with Gasteiger partial charge in [0.1, 0.15) is 5.82 Å². The molecule has 4 heterocycles. The number of likely N-dealkylation sites (tertiary alicyclic amines) is 2. The van der Waals surface area contributed by atoms with Gasteiger partial charge in [-0.3, -0.25) is 4.79 Å². The van der Waals surface area contributed by atoms with Crippen LogP contribution in [0, 0.1) is 0 Å². The number of urea groups is 1. The first-order chi connectivity index (χ1) is 18.0. The number of anilines is 1. The number of nitrogens with one attached hydrogen (secondary N) is 2. The number of piperidine rings is 1. The third kappa shape index (κ3) is 6.93. The van der Waals surface area contributed by atoms with Gasteiger partial charge in [-0.05, 0) is 50.7 Å². The summed E-state index contributed by atoms with van der Waals surface area (Å²) in [6, 6.07) is 4.59. The molecular formula is C28H45N7O2.